The van der Waals surface area contributed by atoms with Gasteiger partial charge < -0.3 is 4.90 Å². The normalized spacial score (nSPS) is 19.8. The second kappa shape index (κ2) is 7.04. The maximum Gasteiger partial charge on any atom is 0.293 e. The van der Waals surface area contributed by atoms with Crippen LogP contribution in [-0.4, -0.2) is 34.0 Å². The van der Waals surface area contributed by atoms with Crippen LogP contribution in [0.3, 0.4) is 0 Å². The van der Waals surface area contributed by atoms with E-state index in [-0.39, 0.29) is 34.0 Å². The monoisotopic (exact) mass is 405 g/mol. The number of Topliss-reactive ketones (excluding diaryl/α,β-unsaturated/α-hetero) is 1. The fourth-order valence-electron chi connectivity index (χ4n) is 5.16. The van der Waals surface area contributed by atoms with Gasteiger partial charge in [0.15, 0.2) is 5.78 Å². The summed E-state index contributed by atoms with van der Waals surface area (Å²) in [5.41, 5.74) is 2.99. The van der Waals surface area contributed by atoms with Crippen molar-refractivity contribution in [1.82, 2.24) is 0 Å². The van der Waals surface area contributed by atoms with Gasteiger partial charge in [0.2, 0.25) is 0 Å². The molecule has 2 aromatic carbocycles. The first-order valence-corrected chi connectivity index (χ1v) is 10.4. The van der Waals surface area contributed by atoms with E-state index < -0.39 is 0 Å². The number of benzene rings is 2. The lowest BCUT2D eigenvalue weighted by molar-refractivity contribution is -0.384. The molecule has 0 aromatic heterocycles. The Bertz CT molecular complexity index is 1050. The van der Waals surface area contributed by atoms with Gasteiger partial charge in [-0.05, 0) is 53.0 Å². The summed E-state index contributed by atoms with van der Waals surface area (Å²) in [6, 6.07) is 12.7. The second-order valence-electron chi connectivity index (χ2n) is 9.41. The van der Waals surface area contributed by atoms with Crippen molar-refractivity contribution in [1.29, 1.82) is 0 Å². The van der Waals surface area contributed by atoms with Crippen molar-refractivity contribution >= 4 is 22.9 Å². The van der Waals surface area contributed by atoms with Gasteiger partial charge in [0.25, 0.3) is 5.69 Å². The van der Waals surface area contributed by atoms with E-state index in [1.165, 1.54) is 0 Å². The molecule has 0 bridgehead atoms. The zero-order chi connectivity index (χ0) is 21.7. The number of anilines is 1. The van der Waals surface area contributed by atoms with Crippen molar-refractivity contribution < 1.29 is 9.72 Å². The number of nitro groups is 1. The Morgan fingerprint density at radius 3 is 2.27 bits per heavy atom. The van der Waals surface area contributed by atoms with Crippen LogP contribution in [0.5, 0.6) is 0 Å². The van der Waals surface area contributed by atoms with Gasteiger partial charge in [-0.15, -0.1) is 0 Å². The van der Waals surface area contributed by atoms with E-state index in [2.05, 4.69) is 37.6 Å². The maximum atomic E-state index is 12.2. The number of carbonyl (C=O) groups excluding carboxylic acids is 1. The molecule has 0 atom stereocenters. The first-order chi connectivity index (χ1) is 14.1. The smallest absolute Gasteiger partial charge is 0.293 e. The molecule has 4 rings (SSSR count). The van der Waals surface area contributed by atoms with Crippen LogP contribution in [0.2, 0.25) is 0 Å². The third-order valence-corrected chi connectivity index (χ3v) is 6.34. The standard InChI is InChI=1S/C24H27N3O3/c1-23(2)12-7-13-24(3,4)26(23)19-11-10-16(14-20(19)27(29)30)22-18-9-6-5-8-17(18)21(28)15-25-22/h5-6,8-11,14H,7,12-13,15H2,1-4H3. The van der Waals surface area contributed by atoms with E-state index in [0.717, 1.165) is 24.8 Å². The summed E-state index contributed by atoms with van der Waals surface area (Å²) in [5.74, 6) is -0.0303. The minimum Gasteiger partial charge on any atom is -0.356 e. The number of fused-ring (bicyclic) bond motifs is 1. The molecule has 0 aliphatic carbocycles. The largest absolute Gasteiger partial charge is 0.356 e. The minimum absolute atomic E-state index is 0.0303. The van der Waals surface area contributed by atoms with Crippen LogP contribution in [0.25, 0.3) is 0 Å². The molecule has 0 N–H and O–H groups in total. The number of nitrogens with zero attached hydrogens (tertiary/aromatic N) is 3. The first kappa shape index (κ1) is 20.3. The van der Waals surface area contributed by atoms with Gasteiger partial charge >= 0.3 is 0 Å². The molecule has 0 spiro atoms. The number of nitro benzene ring substituents is 1. The van der Waals surface area contributed by atoms with E-state index in [9.17, 15) is 14.9 Å². The molecule has 2 heterocycles. The van der Waals surface area contributed by atoms with Gasteiger partial charge in [-0.25, -0.2) is 0 Å². The number of carbonyl (C=O) groups is 1. The van der Waals surface area contributed by atoms with Gasteiger partial charge in [-0.1, -0.05) is 30.3 Å². The molecule has 0 saturated carbocycles. The fraction of sp³-hybridized carbons (Fsp3) is 0.417. The van der Waals surface area contributed by atoms with Gasteiger partial charge in [0.1, 0.15) is 12.2 Å². The quantitative estimate of drug-likeness (QED) is 0.521. The summed E-state index contributed by atoms with van der Waals surface area (Å²) in [6.07, 6.45) is 3.07. The van der Waals surface area contributed by atoms with Crippen molar-refractivity contribution in [2.45, 2.75) is 58.0 Å². The van der Waals surface area contributed by atoms with Crippen molar-refractivity contribution in [2.24, 2.45) is 4.99 Å². The van der Waals surface area contributed by atoms with Gasteiger partial charge in [-0.2, -0.15) is 0 Å². The second-order valence-corrected chi connectivity index (χ2v) is 9.41. The average molecular weight is 405 g/mol. The van der Waals surface area contributed by atoms with Crippen LogP contribution >= 0.6 is 0 Å². The SMILES string of the molecule is CC1(C)CCCC(C)(C)N1c1ccc(C2=NCC(=O)c3ccccc32)cc1[N+](=O)[O-]. The highest BCUT2D eigenvalue weighted by Gasteiger charge is 2.43. The Balaban J connectivity index is 1.85. The van der Waals surface area contributed by atoms with E-state index in [4.69, 9.17) is 0 Å². The summed E-state index contributed by atoms with van der Waals surface area (Å²) in [7, 11) is 0. The molecule has 2 aromatic rings. The zero-order valence-electron chi connectivity index (χ0n) is 17.9. The lowest BCUT2D eigenvalue weighted by atomic mass is 9.79. The van der Waals surface area contributed by atoms with Crippen LogP contribution in [-0.2, 0) is 0 Å². The number of piperidine rings is 1. The Labute approximate surface area is 176 Å². The fourth-order valence-corrected chi connectivity index (χ4v) is 5.16. The number of ketones is 1. The third kappa shape index (κ3) is 3.30. The van der Waals surface area contributed by atoms with Crippen LogP contribution < -0.4 is 4.90 Å². The average Bonchev–Trinajstić information content (AvgIpc) is 2.67. The van der Waals surface area contributed by atoms with Crippen molar-refractivity contribution in [3.63, 3.8) is 0 Å². The Morgan fingerprint density at radius 2 is 1.63 bits per heavy atom. The van der Waals surface area contributed by atoms with Crippen molar-refractivity contribution in [3.05, 3.63) is 69.3 Å². The lowest BCUT2D eigenvalue weighted by Crippen LogP contribution is -2.59. The highest BCUT2D eigenvalue weighted by atomic mass is 16.6. The van der Waals surface area contributed by atoms with Gasteiger partial charge in [0, 0.05) is 33.8 Å². The Hall–Kier alpha value is -3.02. The lowest BCUT2D eigenvalue weighted by Gasteiger charge is -2.54. The van der Waals surface area contributed by atoms with Crippen molar-refractivity contribution in [3.8, 4) is 0 Å². The van der Waals surface area contributed by atoms with E-state index in [1.54, 1.807) is 12.1 Å². The number of aliphatic imine (C=N–C) groups is 1. The highest BCUT2D eigenvalue weighted by Crippen LogP contribution is 2.45. The van der Waals surface area contributed by atoms with E-state index >= 15 is 0 Å². The van der Waals surface area contributed by atoms with Crippen LogP contribution in [0, 0.1) is 10.1 Å². The summed E-state index contributed by atoms with van der Waals surface area (Å²) < 4.78 is 0. The molecule has 2 aliphatic rings. The highest BCUT2D eigenvalue weighted by molar-refractivity contribution is 6.22. The topological polar surface area (TPSA) is 75.8 Å². The molecule has 1 saturated heterocycles. The van der Waals surface area contributed by atoms with Crippen LogP contribution in [0.15, 0.2) is 47.5 Å². The number of hydrogen-bond donors (Lipinski definition) is 0. The summed E-state index contributed by atoms with van der Waals surface area (Å²) in [6.45, 7) is 8.67. The summed E-state index contributed by atoms with van der Waals surface area (Å²) >= 11 is 0. The van der Waals surface area contributed by atoms with Gasteiger partial charge in [0.05, 0.1) is 10.6 Å². The first-order valence-electron chi connectivity index (χ1n) is 10.4. The molecular weight excluding hydrogens is 378 g/mol. The van der Waals surface area contributed by atoms with Gasteiger partial charge in [-0.3, -0.25) is 19.9 Å². The molecule has 0 amide bonds. The minimum atomic E-state index is -0.306. The third-order valence-electron chi connectivity index (χ3n) is 6.34. The Kier molecular flexibility index (Phi) is 4.76. The van der Waals surface area contributed by atoms with Crippen LogP contribution in [0.1, 0.15) is 68.4 Å². The maximum absolute atomic E-state index is 12.2. The number of rotatable bonds is 3. The molecule has 6 nitrogen and oxygen atoms in total. The van der Waals surface area contributed by atoms with Crippen LogP contribution in [0.4, 0.5) is 11.4 Å². The van der Waals surface area contributed by atoms with Crippen molar-refractivity contribution in [2.75, 3.05) is 11.4 Å². The predicted octanol–water partition coefficient (Wildman–Crippen LogP) is 5.18. The molecule has 0 radical (unpaired) electrons. The Morgan fingerprint density at radius 1 is 1.00 bits per heavy atom. The molecule has 156 valence electrons. The van der Waals surface area contributed by atoms with E-state index in [0.29, 0.717) is 22.5 Å². The molecule has 0 unspecified atom stereocenters. The molecule has 6 heteroatoms. The predicted molar refractivity (Wildman–Crippen MR) is 119 cm³/mol. The zero-order valence-corrected chi connectivity index (χ0v) is 17.9. The summed E-state index contributed by atoms with van der Waals surface area (Å²) in [5, 5.41) is 12.1. The molecule has 2 aliphatic heterocycles. The molecular formula is C24H27N3O3. The molecule has 30 heavy (non-hydrogen) atoms. The number of hydrogen-bond acceptors (Lipinski definition) is 5. The summed E-state index contributed by atoms with van der Waals surface area (Å²) in [4.78, 5) is 30.7. The molecule has 1 fully saturated rings. The van der Waals surface area contributed by atoms with E-state index in [1.807, 2.05) is 30.3 Å².